The molecule has 0 amide bonds. The van der Waals surface area contributed by atoms with Crippen molar-refractivity contribution in [2.45, 2.75) is 33.8 Å². The average molecular weight is 294 g/mol. The van der Waals surface area contributed by atoms with Crippen molar-refractivity contribution < 1.29 is 24.1 Å². The third kappa shape index (κ3) is 2.83. The largest absolute Gasteiger partial charge is 0.495 e. The Balaban J connectivity index is 2.32. The molecule has 116 valence electrons. The number of ether oxygens (including phenoxy) is 3. The molecule has 0 fully saturated rings. The summed E-state index contributed by atoms with van der Waals surface area (Å²) in [6, 6.07) is 0. The number of hydrogen-bond acceptors (Lipinski definition) is 5. The fourth-order valence-electron chi connectivity index (χ4n) is 2.56. The van der Waals surface area contributed by atoms with Gasteiger partial charge in [0.05, 0.1) is 13.7 Å². The van der Waals surface area contributed by atoms with Crippen LogP contribution in [0.3, 0.4) is 0 Å². The van der Waals surface area contributed by atoms with Crippen LogP contribution in [0.5, 0.6) is 11.5 Å². The molecule has 5 nitrogen and oxygen atoms in total. The van der Waals surface area contributed by atoms with Gasteiger partial charge in [0, 0.05) is 17.7 Å². The molecule has 0 saturated carbocycles. The summed E-state index contributed by atoms with van der Waals surface area (Å²) < 4.78 is 16.4. The van der Waals surface area contributed by atoms with Crippen LogP contribution in [0.2, 0.25) is 0 Å². The molecule has 1 aliphatic heterocycles. The van der Waals surface area contributed by atoms with E-state index < -0.39 is 0 Å². The topological polar surface area (TPSA) is 65.0 Å². The van der Waals surface area contributed by atoms with Gasteiger partial charge < -0.3 is 19.3 Å². The molecule has 1 aromatic carbocycles. The Labute approximate surface area is 124 Å². The van der Waals surface area contributed by atoms with Crippen LogP contribution in [0.4, 0.5) is 0 Å². The molecule has 1 N–H and O–H groups in total. The third-order valence-electron chi connectivity index (χ3n) is 3.93. The Bertz CT molecular complexity index is 550. The number of fused-ring (bicyclic) bond motifs is 1. The zero-order chi connectivity index (χ0) is 15.6. The molecule has 0 aliphatic carbocycles. The number of aliphatic hydroxyl groups is 1. The van der Waals surface area contributed by atoms with Gasteiger partial charge in [-0.1, -0.05) is 6.92 Å². The lowest BCUT2D eigenvalue weighted by atomic mass is 9.97. The summed E-state index contributed by atoms with van der Waals surface area (Å²) in [4.78, 5) is 11.8. The van der Waals surface area contributed by atoms with Crippen LogP contribution in [-0.2, 0) is 11.3 Å². The molecule has 0 bridgehead atoms. The number of aliphatic hydroxyl groups excluding tert-OH is 1. The van der Waals surface area contributed by atoms with Gasteiger partial charge in [-0.05, 0) is 31.7 Å². The average Bonchev–Trinajstić information content (AvgIpc) is 2.85. The van der Waals surface area contributed by atoms with E-state index in [4.69, 9.17) is 19.3 Å². The van der Waals surface area contributed by atoms with Gasteiger partial charge >= 0.3 is 5.97 Å². The quantitative estimate of drug-likeness (QED) is 0.816. The number of methoxy groups -OCH3 is 1. The predicted molar refractivity (Wildman–Crippen MR) is 77.9 cm³/mol. The molecule has 0 unspecified atom stereocenters. The molecule has 0 saturated heterocycles. The van der Waals surface area contributed by atoms with Crippen molar-refractivity contribution in [2.75, 3.05) is 20.3 Å². The number of rotatable bonds is 6. The maximum Gasteiger partial charge on any atom is 0.342 e. The molecule has 21 heavy (non-hydrogen) atoms. The van der Waals surface area contributed by atoms with Gasteiger partial charge in [0.2, 0.25) is 0 Å². The molecule has 0 aromatic heterocycles. The second kappa shape index (κ2) is 6.35. The Morgan fingerprint density at radius 1 is 1.29 bits per heavy atom. The van der Waals surface area contributed by atoms with Crippen molar-refractivity contribution in [1.29, 1.82) is 0 Å². The normalized spacial score (nSPS) is 14.6. The van der Waals surface area contributed by atoms with E-state index >= 15 is 0 Å². The molecule has 1 aliphatic rings. The van der Waals surface area contributed by atoms with E-state index in [-0.39, 0.29) is 25.1 Å². The van der Waals surface area contributed by atoms with E-state index in [1.54, 1.807) is 7.11 Å². The highest BCUT2D eigenvalue weighted by Crippen LogP contribution is 2.41. The minimum absolute atomic E-state index is 0.150. The predicted octanol–water partition coefficient (Wildman–Crippen LogP) is 2.38. The summed E-state index contributed by atoms with van der Waals surface area (Å²) in [5.41, 5.74) is 3.09. The first-order chi connectivity index (χ1) is 10.0. The standard InChI is InChI=1S/C16H22O5/c1-9(7-17)5-6-20-14-10(2)12-8-21-16(18)13(12)15(19-4)11(14)3/h9,17H,5-8H2,1-4H3/t9-/m0/s1. The minimum Gasteiger partial charge on any atom is -0.495 e. The SMILES string of the molecule is COc1c(C)c(OCC[C@H](C)CO)c(C)c2c1C(=O)OC2. The Morgan fingerprint density at radius 2 is 2.00 bits per heavy atom. The highest BCUT2D eigenvalue weighted by atomic mass is 16.5. The smallest absolute Gasteiger partial charge is 0.342 e. The number of carbonyl (C=O) groups excluding carboxylic acids is 1. The van der Waals surface area contributed by atoms with Crippen LogP contribution in [-0.4, -0.2) is 31.4 Å². The van der Waals surface area contributed by atoms with Crippen molar-refractivity contribution in [3.8, 4) is 11.5 Å². The van der Waals surface area contributed by atoms with E-state index in [0.29, 0.717) is 17.9 Å². The monoisotopic (exact) mass is 294 g/mol. The Kier molecular flexibility index (Phi) is 4.73. The van der Waals surface area contributed by atoms with Gasteiger partial charge in [-0.2, -0.15) is 0 Å². The minimum atomic E-state index is -0.339. The van der Waals surface area contributed by atoms with E-state index in [9.17, 15) is 4.79 Å². The van der Waals surface area contributed by atoms with Crippen LogP contribution in [0.15, 0.2) is 0 Å². The second-order valence-electron chi connectivity index (χ2n) is 5.47. The van der Waals surface area contributed by atoms with E-state index in [1.165, 1.54) is 0 Å². The molecular weight excluding hydrogens is 272 g/mol. The summed E-state index contributed by atoms with van der Waals surface area (Å²) in [6.45, 7) is 6.71. The van der Waals surface area contributed by atoms with Gasteiger partial charge in [0.25, 0.3) is 0 Å². The van der Waals surface area contributed by atoms with Crippen molar-refractivity contribution in [3.63, 3.8) is 0 Å². The highest BCUT2D eigenvalue weighted by Gasteiger charge is 2.31. The zero-order valence-corrected chi connectivity index (χ0v) is 13.0. The fourth-order valence-corrected chi connectivity index (χ4v) is 2.56. The van der Waals surface area contributed by atoms with E-state index in [0.717, 1.165) is 28.9 Å². The fraction of sp³-hybridized carbons (Fsp3) is 0.562. The van der Waals surface area contributed by atoms with Crippen molar-refractivity contribution in [3.05, 3.63) is 22.3 Å². The molecule has 1 heterocycles. The first-order valence-corrected chi connectivity index (χ1v) is 7.12. The number of carbonyl (C=O) groups is 1. The Hall–Kier alpha value is -1.75. The summed E-state index contributed by atoms with van der Waals surface area (Å²) in [7, 11) is 1.54. The molecule has 5 heteroatoms. The number of hydrogen-bond donors (Lipinski definition) is 1. The number of cyclic esters (lactones) is 1. The second-order valence-corrected chi connectivity index (χ2v) is 5.47. The van der Waals surface area contributed by atoms with Crippen LogP contribution in [0.1, 0.15) is 40.4 Å². The summed E-state index contributed by atoms with van der Waals surface area (Å²) in [5.74, 6) is 1.14. The first-order valence-electron chi connectivity index (χ1n) is 7.12. The maximum absolute atomic E-state index is 11.8. The van der Waals surface area contributed by atoms with Gasteiger partial charge in [-0.15, -0.1) is 0 Å². The van der Waals surface area contributed by atoms with E-state index in [2.05, 4.69) is 0 Å². The lowest BCUT2D eigenvalue weighted by Gasteiger charge is -2.18. The number of esters is 1. The van der Waals surface area contributed by atoms with Crippen molar-refractivity contribution in [1.82, 2.24) is 0 Å². The molecule has 1 aromatic rings. The van der Waals surface area contributed by atoms with Crippen LogP contribution in [0, 0.1) is 19.8 Å². The van der Waals surface area contributed by atoms with Gasteiger partial charge in [-0.25, -0.2) is 4.79 Å². The van der Waals surface area contributed by atoms with Gasteiger partial charge in [0.1, 0.15) is 23.7 Å². The molecule has 0 radical (unpaired) electrons. The summed E-state index contributed by atoms with van der Waals surface area (Å²) in [6.07, 6.45) is 0.768. The molecule has 0 spiro atoms. The van der Waals surface area contributed by atoms with Crippen LogP contribution < -0.4 is 9.47 Å². The van der Waals surface area contributed by atoms with Crippen LogP contribution in [0.25, 0.3) is 0 Å². The van der Waals surface area contributed by atoms with Gasteiger partial charge in [-0.3, -0.25) is 0 Å². The summed E-state index contributed by atoms with van der Waals surface area (Å²) in [5, 5.41) is 9.05. The first kappa shape index (κ1) is 15.6. The van der Waals surface area contributed by atoms with Crippen molar-refractivity contribution >= 4 is 5.97 Å². The lowest BCUT2D eigenvalue weighted by molar-refractivity contribution is 0.0532. The summed E-state index contributed by atoms with van der Waals surface area (Å²) >= 11 is 0. The maximum atomic E-state index is 11.8. The third-order valence-corrected chi connectivity index (χ3v) is 3.93. The highest BCUT2D eigenvalue weighted by molar-refractivity contribution is 5.98. The van der Waals surface area contributed by atoms with Gasteiger partial charge in [0.15, 0.2) is 0 Å². The van der Waals surface area contributed by atoms with E-state index in [1.807, 2.05) is 20.8 Å². The molecule has 1 atom stereocenters. The molecule has 2 rings (SSSR count). The Morgan fingerprint density at radius 3 is 2.62 bits per heavy atom. The lowest BCUT2D eigenvalue weighted by Crippen LogP contribution is -2.10. The number of benzene rings is 1. The van der Waals surface area contributed by atoms with Crippen molar-refractivity contribution in [2.24, 2.45) is 5.92 Å². The molecular formula is C16H22O5. The zero-order valence-electron chi connectivity index (χ0n) is 13.0. The van der Waals surface area contributed by atoms with Crippen LogP contribution >= 0.6 is 0 Å².